The molecule has 21 heavy (non-hydrogen) atoms. The van der Waals surface area contributed by atoms with Crippen molar-refractivity contribution in [1.82, 2.24) is 9.97 Å². The summed E-state index contributed by atoms with van der Waals surface area (Å²) in [5.41, 5.74) is 2.47. The van der Waals surface area contributed by atoms with Gasteiger partial charge < -0.3 is 10.2 Å². The lowest BCUT2D eigenvalue weighted by Crippen LogP contribution is -2.19. The zero-order chi connectivity index (χ0) is 14.7. The quantitative estimate of drug-likeness (QED) is 0.935. The van der Waals surface area contributed by atoms with Gasteiger partial charge in [-0.2, -0.15) is 10.2 Å². The van der Waals surface area contributed by atoms with E-state index < -0.39 is 0 Å². The van der Waals surface area contributed by atoms with Crippen molar-refractivity contribution < 1.29 is 0 Å². The van der Waals surface area contributed by atoms with E-state index in [0.29, 0.717) is 11.5 Å². The Morgan fingerprint density at radius 2 is 1.86 bits per heavy atom. The summed E-state index contributed by atoms with van der Waals surface area (Å²) < 4.78 is 0. The number of benzene rings is 1. The van der Waals surface area contributed by atoms with Gasteiger partial charge in [0.25, 0.3) is 0 Å². The monoisotopic (exact) mass is 279 g/mol. The summed E-state index contributed by atoms with van der Waals surface area (Å²) >= 11 is 0. The van der Waals surface area contributed by atoms with Gasteiger partial charge in [0.1, 0.15) is 5.82 Å². The van der Waals surface area contributed by atoms with Crippen LogP contribution in [-0.2, 0) is 0 Å². The molecule has 1 aromatic carbocycles. The second-order valence-electron chi connectivity index (χ2n) is 5.20. The number of nitriles is 1. The van der Waals surface area contributed by atoms with Crippen LogP contribution in [-0.4, -0.2) is 23.1 Å². The average Bonchev–Trinajstić information content (AvgIpc) is 3.02. The van der Waals surface area contributed by atoms with E-state index in [1.165, 1.54) is 12.8 Å². The van der Waals surface area contributed by atoms with Crippen LogP contribution in [0.15, 0.2) is 30.3 Å². The SMILES string of the molecule is Cc1cc(N2CCCC2)nc(Nc2ccc(C#N)cc2)n1. The molecular formula is C16H17N5. The third-order valence-corrected chi connectivity index (χ3v) is 3.54. The van der Waals surface area contributed by atoms with Crippen LogP contribution in [0.4, 0.5) is 17.5 Å². The summed E-state index contributed by atoms with van der Waals surface area (Å²) in [5, 5.41) is 12.0. The molecular weight excluding hydrogens is 262 g/mol. The van der Waals surface area contributed by atoms with Gasteiger partial charge in [0.05, 0.1) is 11.6 Å². The molecule has 0 aliphatic carbocycles. The van der Waals surface area contributed by atoms with Gasteiger partial charge in [-0.25, -0.2) is 4.98 Å². The van der Waals surface area contributed by atoms with Crippen LogP contribution in [0.2, 0.25) is 0 Å². The third-order valence-electron chi connectivity index (χ3n) is 3.54. The molecule has 0 spiro atoms. The number of hydrogen-bond acceptors (Lipinski definition) is 5. The summed E-state index contributed by atoms with van der Waals surface area (Å²) in [6.07, 6.45) is 2.45. The third kappa shape index (κ3) is 3.11. The summed E-state index contributed by atoms with van der Waals surface area (Å²) in [6.45, 7) is 4.10. The zero-order valence-corrected chi connectivity index (χ0v) is 12.0. The Morgan fingerprint density at radius 1 is 1.14 bits per heavy atom. The molecule has 5 nitrogen and oxygen atoms in total. The Kier molecular flexibility index (Phi) is 3.69. The molecule has 1 fully saturated rings. The van der Waals surface area contributed by atoms with Gasteiger partial charge in [0.2, 0.25) is 5.95 Å². The standard InChI is InChI=1S/C16H17N5/c1-12-10-15(21-8-2-3-9-21)20-16(18-12)19-14-6-4-13(11-17)5-7-14/h4-7,10H,2-3,8-9H2,1H3,(H,18,19,20). The van der Waals surface area contributed by atoms with Crippen LogP contribution in [0.3, 0.4) is 0 Å². The second-order valence-corrected chi connectivity index (χ2v) is 5.20. The number of aromatic nitrogens is 2. The highest BCUT2D eigenvalue weighted by Gasteiger charge is 2.15. The molecule has 3 rings (SSSR count). The lowest BCUT2D eigenvalue weighted by molar-refractivity contribution is 0.923. The van der Waals surface area contributed by atoms with Crippen molar-refractivity contribution in [2.24, 2.45) is 0 Å². The van der Waals surface area contributed by atoms with E-state index >= 15 is 0 Å². The molecule has 1 aliphatic rings. The molecule has 0 bridgehead atoms. The van der Waals surface area contributed by atoms with Gasteiger partial charge in [-0.3, -0.25) is 0 Å². The van der Waals surface area contributed by atoms with Crippen molar-refractivity contribution in [3.63, 3.8) is 0 Å². The van der Waals surface area contributed by atoms with Gasteiger partial charge >= 0.3 is 0 Å². The van der Waals surface area contributed by atoms with E-state index in [-0.39, 0.29) is 0 Å². The lowest BCUT2D eigenvalue weighted by atomic mass is 10.2. The molecule has 0 saturated carbocycles. The maximum atomic E-state index is 8.81. The Bertz CT molecular complexity index is 666. The predicted molar refractivity (Wildman–Crippen MR) is 82.7 cm³/mol. The molecule has 1 aromatic heterocycles. The maximum absolute atomic E-state index is 8.81. The maximum Gasteiger partial charge on any atom is 0.229 e. The minimum absolute atomic E-state index is 0.599. The number of rotatable bonds is 3. The van der Waals surface area contributed by atoms with Crippen molar-refractivity contribution in [3.05, 3.63) is 41.6 Å². The first-order valence-corrected chi connectivity index (χ1v) is 7.12. The van der Waals surface area contributed by atoms with Crippen molar-refractivity contribution >= 4 is 17.5 Å². The average molecular weight is 279 g/mol. The largest absolute Gasteiger partial charge is 0.356 e. The predicted octanol–water partition coefficient (Wildman–Crippen LogP) is 3.00. The Morgan fingerprint density at radius 3 is 2.52 bits per heavy atom. The fourth-order valence-corrected chi connectivity index (χ4v) is 2.47. The summed E-state index contributed by atoms with van der Waals surface area (Å²) in [6, 6.07) is 11.4. The summed E-state index contributed by atoms with van der Waals surface area (Å²) in [4.78, 5) is 11.3. The molecule has 1 N–H and O–H groups in total. The first-order valence-electron chi connectivity index (χ1n) is 7.12. The first kappa shape index (κ1) is 13.4. The molecule has 2 heterocycles. The van der Waals surface area contributed by atoms with E-state index in [1.807, 2.05) is 25.1 Å². The van der Waals surface area contributed by atoms with E-state index in [0.717, 1.165) is 30.3 Å². The highest BCUT2D eigenvalue weighted by Crippen LogP contribution is 2.21. The fourth-order valence-electron chi connectivity index (χ4n) is 2.47. The number of nitrogens with one attached hydrogen (secondary N) is 1. The van der Waals surface area contributed by atoms with Crippen LogP contribution in [0.5, 0.6) is 0 Å². The topological polar surface area (TPSA) is 64.8 Å². The highest BCUT2D eigenvalue weighted by molar-refractivity contribution is 5.57. The van der Waals surface area contributed by atoms with E-state index in [1.54, 1.807) is 12.1 Å². The first-order chi connectivity index (χ1) is 10.2. The summed E-state index contributed by atoms with van der Waals surface area (Å²) in [5.74, 6) is 1.58. The number of anilines is 3. The summed E-state index contributed by atoms with van der Waals surface area (Å²) in [7, 11) is 0. The molecule has 0 atom stereocenters. The Balaban J connectivity index is 1.82. The Labute approximate surface area is 124 Å². The minimum atomic E-state index is 0.599. The van der Waals surface area contributed by atoms with E-state index in [2.05, 4.69) is 26.3 Å². The van der Waals surface area contributed by atoms with Crippen molar-refractivity contribution in [1.29, 1.82) is 5.26 Å². The van der Waals surface area contributed by atoms with Crippen LogP contribution in [0.25, 0.3) is 0 Å². The number of hydrogen-bond donors (Lipinski definition) is 1. The van der Waals surface area contributed by atoms with Gasteiger partial charge in [0.15, 0.2) is 0 Å². The second kappa shape index (κ2) is 5.80. The highest BCUT2D eigenvalue weighted by atomic mass is 15.2. The van der Waals surface area contributed by atoms with Crippen molar-refractivity contribution in [2.45, 2.75) is 19.8 Å². The van der Waals surface area contributed by atoms with Gasteiger partial charge in [-0.1, -0.05) is 0 Å². The van der Waals surface area contributed by atoms with Crippen LogP contribution >= 0.6 is 0 Å². The van der Waals surface area contributed by atoms with E-state index in [4.69, 9.17) is 5.26 Å². The molecule has 2 aromatic rings. The molecule has 106 valence electrons. The normalized spacial score (nSPS) is 14.0. The fraction of sp³-hybridized carbons (Fsp3) is 0.312. The number of nitrogens with zero attached hydrogens (tertiary/aromatic N) is 4. The van der Waals surface area contributed by atoms with Crippen LogP contribution in [0, 0.1) is 18.3 Å². The molecule has 0 unspecified atom stereocenters. The smallest absolute Gasteiger partial charge is 0.229 e. The Hall–Kier alpha value is -2.61. The van der Waals surface area contributed by atoms with Crippen LogP contribution < -0.4 is 10.2 Å². The van der Waals surface area contributed by atoms with Crippen molar-refractivity contribution in [3.8, 4) is 6.07 Å². The molecule has 0 amide bonds. The van der Waals surface area contributed by atoms with Gasteiger partial charge in [-0.05, 0) is 44.0 Å². The number of aryl methyl sites for hydroxylation is 1. The lowest BCUT2D eigenvalue weighted by Gasteiger charge is -2.17. The zero-order valence-electron chi connectivity index (χ0n) is 12.0. The van der Waals surface area contributed by atoms with E-state index in [9.17, 15) is 0 Å². The van der Waals surface area contributed by atoms with Crippen molar-refractivity contribution in [2.75, 3.05) is 23.3 Å². The molecule has 5 heteroatoms. The molecule has 0 radical (unpaired) electrons. The minimum Gasteiger partial charge on any atom is -0.356 e. The van der Waals surface area contributed by atoms with Gasteiger partial charge in [-0.15, -0.1) is 0 Å². The van der Waals surface area contributed by atoms with Gasteiger partial charge in [0, 0.05) is 30.5 Å². The molecule has 1 aliphatic heterocycles. The van der Waals surface area contributed by atoms with Crippen LogP contribution in [0.1, 0.15) is 24.1 Å². The molecule has 1 saturated heterocycles.